The lowest BCUT2D eigenvalue weighted by Crippen LogP contribution is -2.22. The first-order valence-electron chi connectivity index (χ1n) is 10.3. The third-order valence-electron chi connectivity index (χ3n) is 4.97. The van der Waals surface area contributed by atoms with Gasteiger partial charge in [0.05, 0.1) is 17.1 Å². The van der Waals surface area contributed by atoms with Gasteiger partial charge >= 0.3 is 0 Å². The molecule has 0 fully saturated rings. The number of anilines is 2. The lowest BCUT2D eigenvalue weighted by atomic mass is 10.1. The SMILES string of the molecule is CCc1ccc(N(C(C)=O)c2nc(CSc3nc(C)c(C)n3CC(C)C)cs2)cc1. The molecule has 3 aromatic rings. The minimum atomic E-state index is -0.0356. The molecule has 0 spiro atoms. The average Bonchev–Trinajstić information content (AvgIpc) is 3.26. The van der Waals surface area contributed by atoms with Crippen LogP contribution in [0.2, 0.25) is 0 Å². The first-order chi connectivity index (χ1) is 14.3. The molecule has 0 aliphatic carbocycles. The fourth-order valence-electron chi connectivity index (χ4n) is 3.23. The maximum atomic E-state index is 12.3. The summed E-state index contributed by atoms with van der Waals surface area (Å²) in [4.78, 5) is 23.5. The molecule has 0 saturated carbocycles. The Balaban J connectivity index is 1.77. The summed E-state index contributed by atoms with van der Waals surface area (Å²) in [6.07, 6.45) is 0.977. The van der Waals surface area contributed by atoms with E-state index in [0.717, 1.165) is 41.0 Å². The first kappa shape index (κ1) is 22.6. The van der Waals surface area contributed by atoms with Crippen molar-refractivity contribution in [2.24, 2.45) is 5.92 Å². The van der Waals surface area contributed by atoms with Gasteiger partial charge in [-0.3, -0.25) is 9.69 Å². The van der Waals surface area contributed by atoms with E-state index in [0.29, 0.717) is 11.0 Å². The normalized spacial score (nSPS) is 11.3. The molecule has 0 unspecified atom stereocenters. The third kappa shape index (κ3) is 5.13. The molecular formula is C23H30N4OS2. The number of imidazole rings is 1. The first-order valence-corrected chi connectivity index (χ1v) is 12.2. The van der Waals surface area contributed by atoms with E-state index < -0.39 is 0 Å². The molecule has 0 atom stereocenters. The number of amides is 1. The van der Waals surface area contributed by atoms with Gasteiger partial charge in [-0.15, -0.1) is 11.3 Å². The summed E-state index contributed by atoms with van der Waals surface area (Å²) in [5, 5.41) is 3.78. The molecule has 0 saturated heterocycles. The van der Waals surface area contributed by atoms with Crippen molar-refractivity contribution in [2.45, 2.75) is 65.4 Å². The number of nitrogens with zero attached hydrogens (tertiary/aromatic N) is 4. The highest BCUT2D eigenvalue weighted by Gasteiger charge is 2.19. The van der Waals surface area contributed by atoms with Crippen LogP contribution in [0.3, 0.4) is 0 Å². The third-order valence-corrected chi connectivity index (χ3v) is 6.85. The smallest absolute Gasteiger partial charge is 0.230 e. The van der Waals surface area contributed by atoms with Crippen molar-refractivity contribution < 1.29 is 4.79 Å². The van der Waals surface area contributed by atoms with Crippen LogP contribution in [-0.4, -0.2) is 20.4 Å². The Hall–Kier alpha value is -2.12. The zero-order valence-corrected chi connectivity index (χ0v) is 20.2. The van der Waals surface area contributed by atoms with E-state index in [2.05, 4.69) is 51.3 Å². The Kier molecular flexibility index (Phi) is 7.36. The van der Waals surface area contributed by atoms with Crippen molar-refractivity contribution >= 4 is 39.8 Å². The average molecular weight is 443 g/mol. The molecule has 2 heterocycles. The molecule has 0 aliphatic rings. The zero-order valence-electron chi connectivity index (χ0n) is 18.6. The topological polar surface area (TPSA) is 51.0 Å². The highest BCUT2D eigenvalue weighted by atomic mass is 32.2. The number of aromatic nitrogens is 3. The second-order valence-corrected chi connectivity index (χ2v) is 9.63. The maximum absolute atomic E-state index is 12.3. The number of aryl methyl sites for hydroxylation is 2. The predicted octanol–water partition coefficient (Wildman–Crippen LogP) is 6.15. The Labute approximate surface area is 187 Å². The monoisotopic (exact) mass is 442 g/mol. The Morgan fingerprint density at radius 2 is 1.90 bits per heavy atom. The van der Waals surface area contributed by atoms with Crippen LogP contribution in [0.25, 0.3) is 0 Å². The molecule has 1 aromatic carbocycles. The molecule has 7 heteroatoms. The molecule has 0 aliphatic heterocycles. The van der Waals surface area contributed by atoms with Gasteiger partial charge < -0.3 is 4.57 Å². The van der Waals surface area contributed by atoms with Crippen molar-refractivity contribution in [1.29, 1.82) is 0 Å². The van der Waals surface area contributed by atoms with Crippen molar-refractivity contribution in [3.8, 4) is 0 Å². The van der Waals surface area contributed by atoms with Gasteiger partial charge in [0.1, 0.15) is 0 Å². The van der Waals surface area contributed by atoms with Gasteiger partial charge in [0.2, 0.25) is 5.91 Å². The Morgan fingerprint density at radius 3 is 2.50 bits per heavy atom. The van der Waals surface area contributed by atoms with E-state index in [1.165, 1.54) is 22.6 Å². The van der Waals surface area contributed by atoms with Gasteiger partial charge in [-0.1, -0.05) is 44.7 Å². The maximum Gasteiger partial charge on any atom is 0.230 e. The van der Waals surface area contributed by atoms with E-state index in [-0.39, 0.29) is 5.91 Å². The minimum Gasteiger partial charge on any atom is -0.323 e. The van der Waals surface area contributed by atoms with E-state index in [4.69, 9.17) is 9.97 Å². The summed E-state index contributed by atoms with van der Waals surface area (Å²) in [6, 6.07) is 8.11. The molecule has 3 rings (SSSR count). The van der Waals surface area contributed by atoms with Crippen molar-refractivity contribution in [2.75, 3.05) is 4.90 Å². The van der Waals surface area contributed by atoms with Crippen LogP contribution in [0.15, 0.2) is 34.8 Å². The summed E-state index contributed by atoms with van der Waals surface area (Å²) in [7, 11) is 0. The van der Waals surface area contributed by atoms with Crippen LogP contribution in [0.5, 0.6) is 0 Å². The van der Waals surface area contributed by atoms with Gasteiger partial charge in [-0.05, 0) is 43.9 Å². The minimum absolute atomic E-state index is 0.0356. The van der Waals surface area contributed by atoms with Crippen LogP contribution in [-0.2, 0) is 23.5 Å². The summed E-state index contributed by atoms with van der Waals surface area (Å²) in [6.45, 7) is 13.3. The summed E-state index contributed by atoms with van der Waals surface area (Å²) >= 11 is 3.21. The number of hydrogen-bond donors (Lipinski definition) is 0. The van der Waals surface area contributed by atoms with Crippen molar-refractivity contribution in [1.82, 2.24) is 14.5 Å². The van der Waals surface area contributed by atoms with Crippen LogP contribution in [0.4, 0.5) is 10.8 Å². The zero-order chi connectivity index (χ0) is 21.8. The predicted molar refractivity (Wildman–Crippen MR) is 127 cm³/mol. The van der Waals surface area contributed by atoms with Gasteiger partial charge in [0.25, 0.3) is 0 Å². The molecule has 2 aromatic heterocycles. The molecular weight excluding hydrogens is 412 g/mol. The van der Waals surface area contributed by atoms with Gasteiger partial charge in [-0.25, -0.2) is 9.97 Å². The van der Waals surface area contributed by atoms with Crippen molar-refractivity contribution in [3.63, 3.8) is 0 Å². The standard InChI is InChI=1S/C23H30N4OS2/c1-7-19-8-10-21(11-9-19)27(18(6)28)23-25-20(14-30-23)13-29-22-24-16(4)17(5)26(22)12-15(2)3/h8-11,14-15H,7,12-13H2,1-6H3. The fourth-order valence-corrected chi connectivity index (χ4v) is 5.21. The molecule has 160 valence electrons. The van der Waals surface area contributed by atoms with Crippen LogP contribution in [0.1, 0.15) is 50.3 Å². The quantitative estimate of drug-likeness (QED) is 0.393. The number of hydrogen-bond acceptors (Lipinski definition) is 5. The van der Waals surface area contributed by atoms with E-state index in [1.54, 1.807) is 23.6 Å². The molecule has 0 N–H and O–H groups in total. The second kappa shape index (κ2) is 9.79. The Morgan fingerprint density at radius 1 is 1.20 bits per heavy atom. The molecule has 1 amide bonds. The van der Waals surface area contributed by atoms with Gasteiger partial charge in [0, 0.05) is 30.3 Å². The summed E-state index contributed by atoms with van der Waals surface area (Å²) in [5.74, 6) is 1.25. The van der Waals surface area contributed by atoms with Crippen LogP contribution < -0.4 is 4.90 Å². The van der Waals surface area contributed by atoms with E-state index in [9.17, 15) is 4.79 Å². The summed E-state index contributed by atoms with van der Waals surface area (Å²) in [5.41, 5.74) is 5.37. The lowest BCUT2D eigenvalue weighted by molar-refractivity contribution is -0.115. The molecule has 0 radical (unpaired) electrons. The molecule has 30 heavy (non-hydrogen) atoms. The number of carbonyl (C=O) groups is 1. The van der Waals surface area contributed by atoms with E-state index in [1.807, 2.05) is 17.5 Å². The fraction of sp³-hybridized carbons (Fsp3) is 0.435. The van der Waals surface area contributed by atoms with Crippen molar-refractivity contribution in [3.05, 3.63) is 52.3 Å². The highest BCUT2D eigenvalue weighted by molar-refractivity contribution is 7.98. The van der Waals surface area contributed by atoms with Gasteiger partial charge in [-0.2, -0.15) is 0 Å². The summed E-state index contributed by atoms with van der Waals surface area (Å²) < 4.78 is 2.30. The second-order valence-electron chi connectivity index (χ2n) is 7.85. The lowest BCUT2D eigenvalue weighted by Gasteiger charge is -2.18. The van der Waals surface area contributed by atoms with E-state index >= 15 is 0 Å². The van der Waals surface area contributed by atoms with Crippen LogP contribution >= 0.6 is 23.1 Å². The Bertz CT molecular complexity index is 1000. The van der Waals surface area contributed by atoms with Gasteiger partial charge in [0.15, 0.2) is 10.3 Å². The largest absolute Gasteiger partial charge is 0.323 e. The number of carbonyl (C=O) groups excluding carboxylic acids is 1. The molecule has 5 nitrogen and oxygen atoms in total. The highest BCUT2D eigenvalue weighted by Crippen LogP contribution is 2.32. The number of thiazole rings is 1. The number of rotatable bonds is 8. The van der Waals surface area contributed by atoms with Crippen LogP contribution in [0, 0.1) is 19.8 Å². The number of benzene rings is 1. The molecule has 0 bridgehead atoms. The number of thioether (sulfide) groups is 1.